The van der Waals surface area contributed by atoms with Gasteiger partial charge in [-0.1, -0.05) is 19.1 Å². The second-order valence-electron chi connectivity index (χ2n) is 3.67. The Morgan fingerprint density at radius 3 is 2.50 bits per heavy atom. The lowest BCUT2D eigenvalue weighted by Gasteiger charge is -2.06. The molecule has 0 saturated heterocycles. The Kier molecular flexibility index (Phi) is 4.23. The Hall–Kier alpha value is -1.64. The zero-order valence-corrected chi connectivity index (χ0v) is 9.87. The molecule has 0 aliphatic heterocycles. The van der Waals surface area contributed by atoms with Crippen molar-refractivity contribution in [2.24, 2.45) is 0 Å². The van der Waals surface area contributed by atoms with E-state index in [1.165, 1.54) is 7.11 Å². The van der Waals surface area contributed by atoms with Gasteiger partial charge in [-0.3, -0.25) is 9.59 Å². The molecule has 0 fully saturated rings. The van der Waals surface area contributed by atoms with E-state index in [4.69, 9.17) is 0 Å². The maximum absolute atomic E-state index is 11.5. The van der Waals surface area contributed by atoms with Crippen molar-refractivity contribution in [3.05, 3.63) is 34.9 Å². The highest BCUT2D eigenvalue weighted by molar-refractivity contribution is 5.96. The first-order chi connectivity index (χ1) is 7.58. The number of rotatable bonds is 4. The lowest BCUT2D eigenvalue weighted by Crippen LogP contribution is -2.07. The number of methoxy groups -OCH3 is 1. The summed E-state index contributed by atoms with van der Waals surface area (Å²) < 4.78 is 4.60. The van der Waals surface area contributed by atoms with E-state index in [1.54, 1.807) is 6.07 Å². The van der Waals surface area contributed by atoms with Gasteiger partial charge in [-0.15, -0.1) is 0 Å². The highest BCUT2D eigenvalue weighted by Gasteiger charge is 2.08. The number of carbonyl (C=O) groups excluding carboxylic acids is 2. The van der Waals surface area contributed by atoms with Crippen LogP contribution in [0.5, 0.6) is 0 Å². The summed E-state index contributed by atoms with van der Waals surface area (Å²) >= 11 is 0. The van der Waals surface area contributed by atoms with E-state index in [-0.39, 0.29) is 18.2 Å². The fourth-order valence-corrected chi connectivity index (χ4v) is 1.50. The van der Waals surface area contributed by atoms with Crippen molar-refractivity contribution >= 4 is 11.8 Å². The molecule has 0 atom stereocenters. The van der Waals surface area contributed by atoms with Crippen LogP contribution < -0.4 is 0 Å². The SMILES string of the molecule is CCC(=O)c1ccc(CC(=O)OC)c(C)c1. The number of hydrogen-bond donors (Lipinski definition) is 0. The lowest BCUT2D eigenvalue weighted by molar-refractivity contribution is -0.139. The maximum Gasteiger partial charge on any atom is 0.309 e. The summed E-state index contributed by atoms with van der Waals surface area (Å²) in [6.07, 6.45) is 0.749. The van der Waals surface area contributed by atoms with Gasteiger partial charge < -0.3 is 4.74 Å². The van der Waals surface area contributed by atoms with E-state index in [1.807, 2.05) is 26.0 Å². The van der Waals surface area contributed by atoms with E-state index in [0.717, 1.165) is 11.1 Å². The molecule has 0 radical (unpaired) electrons. The fraction of sp³-hybridized carbons (Fsp3) is 0.385. The minimum atomic E-state index is -0.266. The molecule has 0 saturated carbocycles. The number of Topliss-reactive ketones (excluding diaryl/α,β-unsaturated/α-hetero) is 1. The third-order valence-corrected chi connectivity index (χ3v) is 2.55. The quantitative estimate of drug-likeness (QED) is 0.577. The molecule has 0 aromatic heterocycles. The Morgan fingerprint density at radius 2 is 2.00 bits per heavy atom. The van der Waals surface area contributed by atoms with Gasteiger partial charge in [0, 0.05) is 12.0 Å². The number of carbonyl (C=O) groups is 2. The van der Waals surface area contributed by atoms with Gasteiger partial charge in [-0.2, -0.15) is 0 Å². The van der Waals surface area contributed by atoms with E-state index in [9.17, 15) is 9.59 Å². The molecule has 16 heavy (non-hydrogen) atoms. The molecule has 1 rings (SSSR count). The lowest BCUT2D eigenvalue weighted by atomic mass is 10.00. The molecule has 0 aliphatic carbocycles. The molecule has 0 heterocycles. The second kappa shape index (κ2) is 5.45. The number of hydrogen-bond acceptors (Lipinski definition) is 3. The third kappa shape index (κ3) is 2.92. The first-order valence-electron chi connectivity index (χ1n) is 5.28. The van der Waals surface area contributed by atoms with Crippen molar-refractivity contribution in [1.29, 1.82) is 0 Å². The van der Waals surface area contributed by atoms with Gasteiger partial charge in [-0.05, 0) is 24.1 Å². The predicted octanol–water partition coefficient (Wildman–Crippen LogP) is 2.30. The molecule has 86 valence electrons. The third-order valence-electron chi connectivity index (χ3n) is 2.55. The molecule has 0 amide bonds. The predicted molar refractivity (Wildman–Crippen MR) is 61.5 cm³/mol. The number of ether oxygens (including phenoxy) is 1. The Morgan fingerprint density at radius 1 is 1.31 bits per heavy atom. The highest BCUT2D eigenvalue weighted by Crippen LogP contribution is 2.13. The number of aryl methyl sites for hydroxylation is 1. The summed E-state index contributed by atoms with van der Waals surface area (Å²) in [6, 6.07) is 5.40. The van der Waals surface area contributed by atoms with Crippen LogP contribution in [-0.2, 0) is 16.0 Å². The van der Waals surface area contributed by atoms with E-state index < -0.39 is 0 Å². The second-order valence-corrected chi connectivity index (χ2v) is 3.67. The smallest absolute Gasteiger partial charge is 0.309 e. The fourth-order valence-electron chi connectivity index (χ4n) is 1.50. The summed E-state index contributed by atoms with van der Waals surface area (Å²) in [5.74, 6) is -0.148. The molecule has 0 unspecified atom stereocenters. The van der Waals surface area contributed by atoms with Crippen LogP contribution in [-0.4, -0.2) is 18.9 Å². The molecule has 0 N–H and O–H groups in total. The summed E-state index contributed by atoms with van der Waals surface area (Å²) in [7, 11) is 1.37. The van der Waals surface area contributed by atoms with Gasteiger partial charge in [-0.25, -0.2) is 0 Å². The highest BCUT2D eigenvalue weighted by atomic mass is 16.5. The molecule has 1 aromatic rings. The number of esters is 1. The monoisotopic (exact) mass is 220 g/mol. The normalized spacial score (nSPS) is 9.94. The zero-order chi connectivity index (χ0) is 12.1. The summed E-state index contributed by atoms with van der Waals surface area (Å²) in [5.41, 5.74) is 2.55. The summed E-state index contributed by atoms with van der Waals surface area (Å²) in [5, 5.41) is 0. The molecular formula is C13H16O3. The van der Waals surface area contributed by atoms with Crippen LogP contribution in [0.1, 0.15) is 34.8 Å². The van der Waals surface area contributed by atoms with Crippen LogP contribution in [0, 0.1) is 6.92 Å². The molecular weight excluding hydrogens is 204 g/mol. The minimum absolute atomic E-state index is 0.118. The average molecular weight is 220 g/mol. The number of benzene rings is 1. The van der Waals surface area contributed by atoms with Gasteiger partial charge in [0.2, 0.25) is 0 Å². The molecule has 0 bridgehead atoms. The largest absolute Gasteiger partial charge is 0.469 e. The summed E-state index contributed by atoms with van der Waals surface area (Å²) in [4.78, 5) is 22.6. The van der Waals surface area contributed by atoms with Crippen LogP contribution in [0.4, 0.5) is 0 Å². The van der Waals surface area contributed by atoms with Crippen molar-refractivity contribution in [3.63, 3.8) is 0 Å². The van der Waals surface area contributed by atoms with Crippen LogP contribution in [0.25, 0.3) is 0 Å². The Balaban J connectivity index is 2.91. The van der Waals surface area contributed by atoms with E-state index >= 15 is 0 Å². The van der Waals surface area contributed by atoms with Crippen LogP contribution >= 0.6 is 0 Å². The van der Waals surface area contributed by atoms with Crippen molar-refractivity contribution in [1.82, 2.24) is 0 Å². The first-order valence-corrected chi connectivity index (χ1v) is 5.28. The van der Waals surface area contributed by atoms with Gasteiger partial charge >= 0.3 is 5.97 Å². The van der Waals surface area contributed by atoms with Crippen molar-refractivity contribution in [2.45, 2.75) is 26.7 Å². The summed E-state index contributed by atoms with van der Waals surface area (Å²) in [6.45, 7) is 3.73. The Bertz CT molecular complexity index is 408. The molecule has 3 heteroatoms. The average Bonchev–Trinajstić information content (AvgIpc) is 2.30. The first kappa shape index (κ1) is 12.4. The van der Waals surface area contributed by atoms with Gasteiger partial charge in [0.15, 0.2) is 5.78 Å². The van der Waals surface area contributed by atoms with Gasteiger partial charge in [0.25, 0.3) is 0 Å². The maximum atomic E-state index is 11.5. The van der Waals surface area contributed by atoms with Crippen molar-refractivity contribution < 1.29 is 14.3 Å². The van der Waals surface area contributed by atoms with Crippen LogP contribution in [0.15, 0.2) is 18.2 Å². The zero-order valence-electron chi connectivity index (χ0n) is 9.87. The Labute approximate surface area is 95.4 Å². The van der Waals surface area contributed by atoms with Crippen LogP contribution in [0.2, 0.25) is 0 Å². The van der Waals surface area contributed by atoms with Crippen molar-refractivity contribution in [3.8, 4) is 0 Å². The molecule has 3 nitrogen and oxygen atoms in total. The van der Waals surface area contributed by atoms with E-state index in [0.29, 0.717) is 12.0 Å². The minimum Gasteiger partial charge on any atom is -0.469 e. The molecule has 1 aromatic carbocycles. The van der Waals surface area contributed by atoms with Crippen molar-refractivity contribution in [2.75, 3.05) is 7.11 Å². The molecule has 0 aliphatic rings. The van der Waals surface area contributed by atoms with Gasteiger partial charge in [0.1, 0.15) is 0 Å². The van der Waals surface area contributed by atoms with Crippen LogP contribution in [0.3, 0.4) is 0 Å². The van der Waals surface area contributed by atoms with Gasteiger partial charge in [0.05, 0.1) is 13.5 Å². The molecule has 0 spiro atoms. The standard InChI is InChI=1S/C13H16O3/c1-4-12(14)11-6-5-10(9(2)7-11)8-13(15)16-3/h5-7H,4,8H2,1-3H3. The number of ketones is 1. The topological polar surface area (TPSA) is 43.4 Å². The van der Waals surface area contributed by atoms with E-state index in [2.05, 4.69) is 4.74 Å².